The van der Waals surface area contributed by atoms with E-state index < -0.39 is 0 Å². The van der Waals surface area contributed by atoms with Crippen molar-refractivity contribution in [3.63, 3.8) is 0 Å². The number of hydrogen-bond acceptors (Lipinski definition) is 5. The summed E-state index contributed by atoms with van der Waals surface area (Å²) in [5.41, 5.74) is 1.44. The SMILES string of the molecule is CN(Cc1ccncc1)[C@@H]1COC2(CCN(Cc3cccs3)CC2)C1. The second-order valence-electron chi connectivity index (χ2n) is 7.48. The van der Waals surface area contributed by atoms with Crippen LogP contribution in [-0.4, -0.2) is 53.2 Å². The zero-order valence-corrected chi connectivity index (χ0v) is 15.8. The van der Waals surface area contributed by atoms with Gasteiger partial charge in [-0.15, -0.1) is 11.3 Å². The van der Waals surface area contributed by atoms with Gasteiger partial charge < -0.3 is 4.74 Å². The number of ether oxygens (including phenoxy) is 1. The molecule has 2 aromatic heterocycles. The number of likely N-dealkylation sites (N-methyl/N-ethyl adjacent to an activating group) is 1. The molecular weight excluding hydrogens is 330 g/mol. The van der Waals surface area contributed by atoms with Gasteiger partial charge in [-0.05, 0) is 55.5 Å². The van der Waals surface area contributed by atoms with Crippen LogP contribution in [0.3, 0.4) is 0 Å². The fraction of sp³-hybridized carbons (Fsp3) is 0.550. The highest BCUT2D eigenvalue weighted by atomic mass is 32.1. The molecule has 0 aliphatic carbocycles. The van der Waals surface area contributed by atoms with Crippen LogP contribution in [-0.2, 0) is 17.8 Å². The predicted molar refractivity (Wildman–Crippen MR) is 102 cm³/mol. The Labute approximate surface area is 154 Å². The van der Waals surface area contributed by atoms with Gasteiger partial charge in [0.1, 0.15) is 0 Å². The number of nitrogens with zero attached hydrogens (tertiary/aromatic N) is 3. The van der Waals surface area contributed by atoms with Crippen LogP contribution < -0.4 is 0 Å². The first-order chi connectivity index (χ1) is 12.2. The zero-order chi connectivity index (χ0) is 17.1. The van der Waals surface area contributed by atoms with E-state index in [4.69, 9.17) is 4.74 Å². The van der Waals surface area contributed by atoms with E-state index >= 15 is 0 Å². The summed E-state index contributed by atoms with van der Waals surface area (Å²) in [4.78, 5) is 10.6. The van der Waals surface area contributed by atoms with Crippen molar-refractivity contribution in [1.82, 2.24) is 14.8 Å². The molecule has 0 amide bonds. The first-order valence-electron chi connectivity index (χ1n) is 9.20. The molecule has 0 saturated carbocycles. The lowest BCUT2D eigenvalue weighted by Crippen LogP contribution is -2.44. The Morgan fingerprint density at radius 3 is 2.80 bits per heavy atom. The molecule has 4 rings (SSSR count). The largest absolute Gasteiger partial charge is 0.373 e. The van der Waals surface area contributed by atoms with Crippen LogP contribution in [0.4, 0.5) is 0 Å². The maximum absolute atomic E-state index is 6.36. The number of piperidine rings is 1. The molecule has 2 aliphatic rings. The molecule has 1 spiro atoms. The summed E-state index contributed by atoms with van der Waals surface area (Å²) in [6.07, 6.45) is 7.25. The third-order valence-corrected chi connectivity index (χ3v) is 6.58. The van der Waals surface area contributed by atoms with E-state index in [0.29, 0.717) is 6.04 Å². The van der Waals surface area contributed by atoms with E-state index in [1.54, 1.807) is 0 Å². The average Bonchev–Trinajstić information content (AvgIpc) is 3.29. The molecule has 25 heavy (non-hydrogen) atoms. The van der Waals surface area contributed by atoms with Crippen molar-refractivity contribution in [2.45, 2.75) is 44.0 Å². The van der Waals surface area contributed by atoms with Crippen LogP contribution in [0.25, 0.3) is 0 Å². The van der Waals surface area contributed by atoms with Crippen LogP contribution >= 0.6 is 11.3 Å². The smallest absolute Gasteiger partial charge is 0.0723 e. The molecule has 134 valence electrons. The summed E-state index contributed by atoms with van der Waals surface area (Å²) >= 11 is 1.86. The quantitative estimate of drug-likeness (QED) is 0.820. The molecule has 0 radical (unpaired) electrons. The van der Waals surface area contributed by atoms with Gasteiger partial charge in [0.15, 0.2) is 0 Å². The number of pyridine rings is 1. The Kier molecular flexibility index (Phi) is 5.17. The summed E-state index contributed by atoms with van der Waals surface area (Å²) in [7, 11) is 2.22. The van der Waals surface area contributed by atoms with Crippen LogP contribution in [0.1, 0.15) is 29.7 Å². The number of aromatic nitrogens is 1. The molecule has 5 heteroatoms. The maximum Gasteiger partial charge on any atom is 0.0723 e. The van der Waals surface area contributed by atoms with Gasteiger partial charge in [0.25, 0.3) is 0 Å². The molecule has 2 aliphatic heterocycles. The summed E-state index contributed by atoms with van der Waals surface area (Å²) < 4.78 is 6.36. The highest BCUT2D eigenvalue weighted by Crippen LogP contribution is 2.38. The number of likely N-dealkylation sites (tertiary alicyclic amines) is 1. The number of hydrogen-bond donors (Lipinski definition) is 0. The summed E-state index contributed by atoms with van der Waals surface area (Å²) in [5.74, 6) is 0. The van der Waals surface area contributed by atoms with Gasteiger partial charge in [-0.2, -0.15) is 0 Å². The minimum Gasteiger partial charge on any atom is -0.373 e. The Morgan fingerprint density at radius 1 is 1.28 bits per heavy atom. The van der Waals surface area contributed by atoms with Crippen LogP contribution in [0, 0.1) is 0 Å². The Morgan fingerprint density at radius 2 is 2.08 bits per heavy atom. The average molecular weight is 358 g/mol. The van der Waals surface area contributed by atoms with Gasteiger partial charge in [-0.3, -0.25) is 14.8 Å². The van der Waals surface area contributed by atoms with E-state index in [2.05, 4.69) is 51.5 Å². The lowest BCUT2D eigenvalue weighted by Gasteiger charge is -2.38. The lowest BCUT2D eigenvalue weighted by atomic mass is 9.87. The number of thiophene rings is 1. The van der Waals surface area contributed by atoms with E-state index in [1.807, 2.05) is 23.7 Å². The third kappa shape index (κ3) is 4.11. The first-order valence-corrected chi connectivity index (χ1v) is 10.1. The first kappa shape index (κ1) is 17.2. The van der Waals surface area contributed by atoms with Gasteiger partial charge in [-0.1, -0.05) is 6.07 Å². The summed E-state index contributed by atoms with van der Waals surface area (Å²) in [6, 6.07) is 9.12. The molecule has 2 fully saturated rings. The van der Waals surface area contributed by atoms with E-state index in [1.165, 1.54) is 16.9 Å². The monoisotopic (exact) mass is 357 g/mol. The Bertz CT molecular complexity index is 653. The van der Waals surface area contributed by atoms with Crippen molar-refractivity contribution < 1.29 is 4.74 Å². The van der Waals surface area contributed by atoms with E-state index in [-0.39, 0.29) is 5.60 Å². The van der Waals surface area contributed by atoms with Crippen molar-refractivity contribution in [1.29, 1.82) is 0 Å². The van der Waals surface area contributed by atoms with Crippen molar-refractivity contribution in [2.24, 2.45) is 0 Å². The second kappa shape index (κ2) is 7.54. The number of rotatable bonds is 5. The highest BCUT2D eigenvalue weighted by molar-refractivity contribution is 7.09. The standard InChI is InChI=1S/C20H27N3OS/c1-22(14-17-4-8-21-9-5-17)18-13-20(24-16-18)6-10-23(11-7-20)15-19-3-2-12-25-19/h2-5,8-9,12,18H,6-7,10-11,13-16H2,1H3/t18-/m0/s1. The fourth-order valence-corrected chi connectivity index (χ4v) is 4.84. The van der Waals surface area contributed by atoms with Crippen LogP contribution in [0.5, 0.6) is 0 Å². The molecule has 0 bridgehead atoms. The van der Waals surface area contributed by atoms with Crippen molar-refractivity contribution in [2.75, 3.05) is 26.7 Å². The zero-order valence-electron chi connectivity index (χ0n) is 14.9. The lowest BCUT2D eigenvalue weighted by molar-refractivity contribution is -0.0451. The van der Waals surface area contributed by atoms with Crippen LogP contribution in [0.15, 0.2) is 42.0 Å². The van der Waals surface area contributed by atoms with Gasteiger partial charge in [0, 0.05) is 49.5 Å². The summed E-state index contributed by atoms with van der Waals surface area (Å²) in [6.45, 7) is 5.24. The Balaban J connectivity index is 1.28. The van der Waals surface area contributed by atoms with E-state index in [9.17, 15) is 0 Å². The van der Waals surface area contributed by atoms with Crippen LogP contribution in [0.2, 0.25) is 0 Å². The fourth-order valence-electron chi connectivity index (χ4n) is 4.10. The molecule has 0 N–H and O–H groups in total. The van der Waals surface area contributed by atoms with Gasteiger partial charge in [0.05, 0.1) is 12.2 Å². The van der Waals surface area contributed by atoms with Gasteiger partial charge >= 0.3 is 0 Å². The van der Waals surface area contributed by atoms with Gasteiger partial charge in [0.2, 0.25) is 0 Å². The minimum absolute atomic E-state index is 0.114. The second-order valence-corrected chi connectivity index (χ2v) is 8.51. The molecule has 0 unspecified atom stereocenters. The molecule has 1 atom stereocenters. The maximum atomic E-state index is 6.36. The summed E-state index contributed by atoms with van der Waals surface area (Å²) in [5, 5.41) is 2.17. The third-order valence-electron chi connectivity index (χ3n) is 5.72. The molecule has 4 nitrogen and oxygen atoms in total. The Hall–Kier alpha value is -1.27. The minimum atomic E-state index is 0.114. The topological polar surface area (TPSA) is 28.6 Å². The van der Waals surface area contributed by atoms with Crippen molar-refractivity contribution >= 4 is 11.3 Å². The highest BCUT2D eigenvalue weighted by Gasteiger charge is 2.43. The predicted octanol–water partition coefficient (Wildman–Crippen LogP) is 3.40. The molecule has 4 heterocycles. The van der Waals surface area contributed by atoms with Gasteiger partial charge in [-0.25, -0.2) is 0 Å². The van der Waals surface area contributed by atoms with Crippen molar-refractivity contribution in [3.05, 3.63) is 52.5 Å². The molecule has 2 saturated heterocycles. The molecule has 0 aromatic carbocycles. The molecule has 2 aromatic rings. The van der Waals surface area contributed by atoms with E-state index in [0.717, 1.165) is 45.6 Å². The normalized spacial score (nSPS) is 23.5. The van der Waals surface area contributed by atoms with Crippen molar-refractivity contribution in [3.8, 4) is 0 Å². The molecular formula is C20H27N3OS.